The van der Waals surface area contributed by atoms with E-state index >= 15 is 0 Å². The Kier molecular flexibility index (Phi) is 6.74. The Morgan fingerprint density at radius 3 is 2.19 bits per heavy atom. The number of carbonyl (C=O) groups is 2. The maximum absolute atomic E-state index is 12.1. The molecule has 0 aliphatic carbocycles. The maximum atomic E-state index is 12.1. The van der Waals surface area contributed by atoms with Crippen LogP contribution in [0.5, 0.6) is 0 Å². The van der Waals surface area contributed by atoms with E-state index < -0.39 is 18.7 Å². The fourth-order valence-electron chi connectivity index (χ4n) is 2.35. The van der Waals surface area contributed by atoms with Crippen molar-refractivity contribution < 1.29 is 19.4 Å². The Bertz CT molecular complexity index is 729. The molecule has 1 amide bonds. The van der Waals surface area contributed by atoms with E-state index in [0.717, 1.165) is 11.3 Å². The first-order valence-corrected chi connectivity index (χ1v) is 8.28. The van der Waals surface area contributed by atoms with Gasteiger partial charge in [-0.1, -0.05) is 42.5 Å². The second-order valence-corrected chi connectivity index (χ2v) is 6.23. The lowest BCUT2D eigenvalue weighted by atomic mass is 10.1. The smallest absolute Gasteiger partial charge is 0.340 e. The molecule has 0 aromatic heterocycles. The zero-order valence-corrected chi connectivity index (χ0v) is 15.3. The molecule has 2 aromatic rings. The summed E-state index contributed by atoms with van der Waals surface area (Å²) in [4.78, 5) is 27.5. The Balaban J connectivity index is 1.84. The van der Waals surface area contributed by atoms with Gasteiger partial charge in [0.1, 0.15) is 0 Å². The lowest BCUT2D eigenvalue weighted by Crippen LogP contribution is -2.31. The lowest BCUT2D eigenvalue weighted by molar-refractivity contribution is -0.159. The predicted octanol–water partition coefficient (Wildman–Crippen LogP) is 1.99. The summed E-state index contributed by atoms with van der Waals surface area (Å²) in [6.07, 6.45) is -1.40. The molecule has 6 nitrogen and oxygen atoms in total. The molecule has 6 heteroatoms. The topological polar surface area (TPSA) is 70.1 Å². The second kappa shape index (κ2) is 9.01. The van der Waals surface area contributed by atoms with E-state index in [1.807, 2.05) is 43.3 Å². The van der Waals surface area contributed by atoms with Gasteiger partial charge in [-0.25, -0.2) is 4.79 Å². The minimum absolute atomic E-state index is 0.338. The van der Waals surface area contributed by atoms with Gasteiger partial charge in [0, 0.05) is 33.4 Å². The van der Waals surface area contributed by atoms with Crippen molar-refractivity contribution in [2.45, 2.75) is 12.6 Å². The highest BCUT2D eigenvalue weighted by molar-refractivity contribution is 5.82. The molecule has 1 N–H and O–H groups in total. The van der Waals surface area contributed by atoms with Gasteiger partial charge < -0.3 is 19.6 Å². The van der Waals surface area contributed by atoms with Gasteiger partial charge in [0.2, 0.25) is 0 Å². The number of nitrogens with zero attached hydrogens (tertiary/aromatic N) is 2. The van der Waals surface area contributed by atoms with Crippen LogP contribution in [0.15, 0.2) is 54.6 Å². The predicted molar refractivity (Wildman–Crippen MR) is 99.6 cm³/mol. The van der Waals surface area contributed by atoms with E-state index in [1.165, 1.54) is 4.90 Å². The summed E-state index contributed by atoms with van der Waals surface area (Å²) in [6, 6.07) is 16.3. The molecule has 0 saturated heterocycles. The van der Waals surface area contributed by atoms with Crippen molar-refractivity contribution in [2.75, 3.05) is 32.6 Å². The van der Waals surface area contributed by atoms with Crippen LogP contribution in [-0.2, 0) is 20.9 Å². The first-order chi connectivity index (χ1) is 12.4. The van der Waals surface area contributed by atoms with Gasteiger partial charge in [0.05, 0.1) is 0 Å². The van der Waals surface area contributed by atoms with E-state index in [0.29, 0.717) is 12.1 Å². The van der Waals surface area contributed by atoms with Crippen LogP contribution in [0.2, 0.25) is 0 Å². The summed E-state index contributed by atoms with van der Waals surface area (Å²) < 4.78 is 4.94. The van der Waals surface area contributed by atoms with E-state index in [4.69, 9.17) is 4.74 Å². The zero-order chi connectivity index (χ0) is 19.1. The standard InChI is InChI=1S/C20H24N2O4/c1-21(2)17-11-9-15(10-12-17)13-22(3)18(23)14-26-20(25)19(24)16-7-5-4-6-8-16/h4-12,19,24H,13-14H2,1-3H3/t19-/m0/s1. The van der Waals surface area contributed by atoms with Crippen molar-refractivity contribution in [1.29, 1.82) is 0 Å². The third-order valence-electron chi connectivity index (χ3n) is 3.97. The molecular weight excluding hydrogens is 332 g/mol. The number of aliphatic hydroxyl groups excluding tert-OH is 1. The number of hydrogen-bond acceptors (Lipinski definition) is 5. The van der Waals surface area contributed by atoms with Crippen LogP contribution < -0.4 is 4.90 Å². The number of hydrogen-bond donors (Lipinski definition) is 1. The van der Waals surface area contributed by atoms with Crippen LogP contribution in [0, 0.1) is 0 Å². The van der Waals surface area contributed by atoms with Crippen molar-refractivity contribution >= 4 is 17.6 Å². The van der Waals surface area contributed by atoms with Gasteiger partial charge in [0.25, 0.3) is 5.91 Å². The largest absolute Gasteiger partial charge is 0.453 e. The number of aliphatic hydroxyl groups is 1. The average molecular weight is 356 g/mol. The van der Waals surface area contributed by atoms with E-state index in [2.05, 4.69) is 0 Å². The van der Waals surface area contributed by atoms with Crippen molar-refractivity contribution in [2.24, 2.45) is 0 Å². The number of carbonyl (C=O) groups excluding carboxylic acids is 2. The van der Waals surface area contributed by atoms with Crippen molar-refractivity contribution in [1.82, 2.24) is 4.90 Å². The summed E-state index contributed by atoms with van der Waals surface area (Å²) >= 11 is 0. The summed E-state index contributed by atoms with van der Waals surface area (Å²) in [7, 11) is 5.56. The fourth-order valence-corrected chi connectivity index (χ4v) is 2.35. The van der Waals surface area contributed by atoms with E-state index in [9.17, 15) is 14.7 Å². The monoisotopic (exact) mass is 356 g/mol. The average Bonchev–Trinajstić information content (AvgIpc) is 2.66. The minimum atomic E-state index is -1.40. The molecule has 1 atom stereocenters. The van der Waals surface area contributed by atoms with Gasteiger partial charge in [0.15, 0.2) is 12.7 Å². The number of rotatable bonds is 7. The van der Waals surface area contributed by atoms with Gasteiger partial charge in [-0.05, 0) is 23.3 Å². The Hall–Kier alpha value is -2.86. The Morgan fingerprint density at radius 2 is 1.62 bits per heavy atom. The normalized spacial score (nSPS) is 11.5. The summed E-state index contributed by atoms with van der Waals surface area (Å²) in [6.45, 7) is 0.000337. The molecule has 0 fully saturated rings. The van der Waals surface area contributed by atoms with Gasteiger partial charge in [-0.2, -0.15) is 0 Å². The van der Waals surface area contributed by atoms with Gasteiger partial charge >= 0.3 is 5.97 Å². The number of esters is 1. The molecule has 0 bridgehead atoms. The number of amides is 1. The van der Waals surface area contributed by atoms with Gasteiger partial charge in [-0.15, -0.1) is 0 Å². The zero-order valence-electron chi connectivity index (χ0n) is 15.3. The van der Waals surface area contributed by atoms with Crippen LogP contribution in [-0.4, -0.2) is 49.6 Å². The summed E-state index contributed by atoms with van der Waals surface area (Å²) in [5, 5.41) is 9.94. The van der Waals surface area contributed by atoms with Crippen LogP contribution in [0.4, 0.5) is 5.69 Å². The van der Waals surface area contributed by atoms with Crippen LogP contribution in [0.1, 0.15) is 17.2 Å². The summed E-state index contributed by atoms with van der Waals surface area (Å²) in [5.41, 5.74) is 2.48. The summed E-state index contributed by atoms with van der Waals surface area (Å²) in [5.74, 6) is -1.18. The van der Waals surface area contributed by atoms with Crippen molar-refractivity contribution in [3.05, 3.63) is 65.7 Å². The lowest BCUT2D eigenvalue weighted by Gasteiger charge is -2.19. The third-order valence-corrected chi connectivity index (χ3v) is 3.97. The molecule has 138 valence electrons. The van der Waals surface area contributed by atoms with Crippen LogP contribution in [0.25, 0.3) is 0 Å². The first kappa shape index (κ1) is 19.5. The molecule has 0 saturated carbocycles. The maximum Gasteiger partial charge on any atom is 0.340 e. The highest BCUT2D eigenvalue weighted by atomic mass is 16.5. The van der Waals surface area contributed by atoms with Crippen LogP contribution in [0.3, 0.4) is 0 Å². The molecule has 0 heterocycles. The molecule has 2 rings (SSSR count). The first-order valence-electron chi connectivity index (χ1n) is 8.28. The Labute approximate surface area is 153 Å². The van der Waals surface area contributed by atoms with Gasteiger partial charge in [-0.3, -0.25) is 4.79 Å². The second-order valence-electron chi connectivity index (χ2n) is 6.23. The van der Waals surface area contributed by atoms with E-state index in [1.54, 1.807) is 37.4 Å². The number of likely N-dealkylation sites (N-methyl/N-ethyl adjacent to an activating group) is 1. The molecule has 0 unspecified atom stereocenters. The molecule has 0 aliphatic rings. The number of anilines is 1. The quantitative estimate of drug-likeness (QED) is 0.769. The van der Waals surface area contributed by atoms with Crippen molar-refractivity contribution in [3.63, 3.8) is 0 Å². The molecule has 0 spiro atoms. The molecule has 26 heavy (non-hydrogen) atoms. The van der Waals surface area contributed by atoms with E-state index in [-0.39, 0.29) is 5.91 Å². The fraction of sp³-hybridized carbons (Fsp3) is 0.300. The Morgan fingerprint density at radius 1 is 1.00 bits per heavy atom. The third kappa shape index (κ3) is 5.32. The highest BCUT2D eigenvalue weighted by Gasteiger charge is 2.20. The van der Waals surface area contributed by atoms with Crippen molar-refractivity contribution in [3.8, 4) is 0 Å². The highest BCUT2D eigenvalue weighted by Crippen LogP contribution is 2.15. The number of benzene rings is 2. The molecule has 2 aromatic carbocycles. The number of ether oxygens (including phenoxy) is 1. The minimum Gasteiger partial charge on any atom is -0.453 e. The molecule has 0 radical (unpaired) electrons. The molecular formula is C20H24N2O4. The van der Waals surface area contributed by atoms with Crippen LogP contribution >= 0.6 is 0 Å². The molecule has 0 aliphatic heterocycles. The SMILES string of the molecule is CN(Cc1ccc(N(C)C)cc1)C(=O)COC(=O)[C@@H](O)c1ccccc1.